The second-order valence-corrected chi connectivity index (χ2v) is 10.4. The van der Waals surface area contributed by atoms with Crippen LogP contribution in [0, 0.1) is 6.92 Å². The highest BCUT2D eigenvalue weighted by Gasteiger charge is 2.31. The van der Waals surface area contributed by atoms with Gasteiger partial charge >= 0.3 is 0 Å². The molecule has 0 bridgehead atoms. The predicted octanol–water partition coefficient (Wildman–Crippen LogP) is 4.89. The molecule has 0 spiro atoms. The maximum atomic E-state index is 13.8. The van der Waals surface area contributed by atoms with E-state index in [-0.39, 0.29) is 17.9 Å². The molecule has 2 amide bonds. The summed E-state index contributed by atoms with van der Waals surface area (Å²) < 4.78 is 1.49. The summed E-state index contributed by atoms with van der Waals surface area (Å²) in [6, 6.07) is 5.17. The number of nitrogens with one attached hydrogen (secondary N) is 1. The van der Waals surface area contributed by atoms with Crippen LogP contribution in [0.5, 0.6) is 0 Å². The number of hydrogen-bond acceptors (Lipinski definition) is 4. The van der Waals surface area contributed by atoms with Crippen LogP contribution in [0.25, 0.3) is 10.9 Å². The van der Waals surface area contributed by atoms with Crippen molar-refractivity contribution in [2.45, 2.75) is 115 Å². The number of nitrogens with zero attached hydrogens (tertiary/aromatic N) is 2. The first-order chi connectivity index (χ1) is 17.0. The number of amides is 2. The minimum atomic E-state index is -0.695. The Morgan fingerprint density at radius 3 is 2.06 bits per heavy atom. The molecule has 1 aliphatic heterocycles. The van der Waals surface area contributed by atoms with Crippen molar-refractivity contribution in [3.63, 3.8) is 0 Å². The Kier molecular flexibility index (Phi) is 9.16. The van der Waals surface area contributed by atoms with Gasteiger partial charge < -0.3 is 0 Å². The standard InChI is InChI=1S/C28H39BN3O3/c1-20-30-23-17-13-16-22(26(23)28(35)32(20)24-18-19-25(33)31-27(24)34)29-21-14-11-9-7-5-3-2-4-6-8-10-12-15-21/h13,16-17,21,24H,2-12,14-15,18-19H2,1H3,(H,31,33,34)/t24-/m1/s1. The largest absolute Gasteiger partial charge is 0.295 e. The third kappa shape index (κ3) is 6.62. The summed E-state index contributed by atoms with van der Waals surface area (Å²) in [6.07, 6.45) is 17.3. The van der Waals surface area contributed by atoms with Crippen molar-refractivity contribution in [3.05, 3.63) is 34.4 Å². The topological polar surface area (TPSA) is 81.1 Å². The van der Waals surface area contributed by atoms with Gasteiger partial charge in [-0.05, 0) is 19.4 Å². The predicted molar refractivity (Wildman–Crippen MR) is 141 cm³/mol. The number of aryl methyl sites for hydroxylation is 1. The van der Waals surface area contributed by atoms with Crippen molar-refractivity contribution in [1.82, 2.24) is 14.9 Å². The molecule has 1 aromatic carbocycles. The van der Waals surface area contributed by atoms with E-state index in [4.69, 9.17) is 4.98 Å². The van der Waals surface area contributed by atoms with Gasteiger partial charge in [-0.25, -0.2) is 4.98 Å². The quantitative estimate of drug-likeness (QED) is 0.506. The minimum absolute atomic E-state index is 0.185. The Morgan fingerprint density at radius 1 is 0.857 bits per heavy atom. The van der Waals surface area contributed by atoms with Gasteiger partial charge in [0.1, 0.15) is 11.9 Å². The molecule has 35 heavy (non-hydrogen) atoms. The van der Waals surface area contributed by atoms with Crippen LogP contribution >= 0.6 is 0 Å². The van der Waals surface area contributed by atoms with Crippen molar-refractivity contribution >= 4 is 35.5 Å². The third-order valence-corrected chi connectivity index (χ3v) is 7.73. The first-order valence-corrected chi connectivity index (χ1v) is 13.7. The highest BCUT2D eigenvalue weighted by atomic mass is 16.2. The lowest BCUT2D eigenvalue weighted by molar-refractivity contribution is -0.135. The average molecular weight is 476 g/mol. The molecule has 187 valence electrons. The van der Waals surface area contributed by atoms with E-state index in [0.717, 1.165) is 18.3 Å². The van der Waals surface area contributed by atoms with Crippen LogP contribution in [-0.4, -0.2) is 28.6 Å². The van der Waals surface area contributed by atoms with Gasteiger partial charge in [-0.15, -0.1) is 0 Å². The zero-order valence-electron chi connectivity index (χ0n) is 21.2. The molecule has 2 fully saturated rings. The third-order valence-electron chi connectivity index (χ3n) is 7.73. The summed E-state index contributed by atoms with van der Waals surface area (Å²) in [6.45, 7) is 1.76. The van der Waals surface area contributed by atoms with Gasteiger partial charge in [0.2, 0.25) is 11.8 Å². The SMILES string of the molecule is Cc1nc2cccc([B]C3CCCCCCCCCCCCC3)c2c(=O)n1[C@@H]1CCC(=O)NC1=O. The van der Waals surface area contributed by atoms with Gasteiger partial charge in [-0.2, -0.15) is 0 Å². The lowest BCUT2D eigenvalue weighted by Crippen LogP contribution is -2.45. The summed E-state index contributed by atoms with van der Waals surface area (Å²) in [5.41, 5.74) is 1.41. The molecule has 1 saturated carbocycles. The van der Waals surface area contributed by atoms with Gasteiger partial charge in [0.05, 0.1) is 10.9 Å². The Morgan fingerprint density at radius 2 is 1.46 bits per heavy atom. The second kappa shape index (κ2) is 12.5. The molecule has 1 atom stereocenters. The molecule has 1 radical (unpaired) electrons. The van der Waals surface area contributed by atoms with E-state index >= 15 is 0 Å². The van der Waals surface area contributed by atoms with E-state index in [1.807, 2.05) is 18.2 Å². The average Bonchev–Trinajstić information content (AvgIpc) is 2.82. The lowest BCUT2D eigenvalue weighted by atomic mass is 9.55. The number of fused-ring (bicyclic) bond motifs is 1. The van der Waals surface area contributed by atoms with E-state index in [1.165, 1.54) is 75.2 Å². The molecular weight excluding hydrogens is 437 g/mol. The minimum Gasteiger partial charge on any atom is -0.295 e. The summed E-state index contributed by atoms with van der Waals surface area (Å²) in [4.78, 5) is 42.6. The maximum absolute atomic E-state index is 13.8. The van der Waals surface area contributed by atoms with Crippen molar-refractivity contribution in [2.75, 3.05) is 0 Å². The van der Waals surface area contributed by atoms with E-state index in [1.54, 1.807) is 6.92 Å². The van der Waals surface area contributed by atoms with Crippen LogP contribution in [-0.2, 0) is 9.59 Å². The fourth-order valence-corrected chi connectivity index (χ4v) is 5.78. The number of rotatable bonds is 3. The number of carbonyl (C=O) groups is 2. The Bertz CT molecular complexity index is 1080. The number of carbonyl (C=O) groups excluding carboxylic acids is 2. The molecule has 0 unspecified atom stereocenters. The van der Waals surface area contributed by atoms with Gasteiger partial charge in [0.15, 0.2) is 7.28 Å². The van der Waals surface area contributed by atoms with Gasteiger partial charge in [0, 0.05) is 6.42 Å². The molecule has 1 aromatic heterocycles. The summed E-state index contributed by atoms with van der Waals surface area (Å²) >= 11 is 0. The number of hydrogen-bond donors (Lipinski definition) is 1. The number of aromatic nitrogens is 2. The summed E-state index contributed by atoms with van der Waals surface area (Å²) in [5, 5.41) is 2.96. The summed E-state index contributed by atoms with van der Waals surface area (Å²) in [5.74, 6) is 0.245. The van der Waals surface area contributed by atoms with E-state index < -0.39 is 11.9 Å². The molecule has 1 N–H and O–H groups in total. The maximum Gasteiger partial charge on any atom is 0.261 e. The Labute approximate surface area is 209 Å². The fourth-order valence-electron chi connectivity index (χ4n) is 5.78. The van der Waals surface area contributed by atoms with Crippen LogP contribution in [0.2, 0.25) is 5.82 Å². The Hall–Kier alpha value is -2.44. The molecule has 1 aliphatic carbocycles. The van der Waals surface area contributed by atoms with Crippen molar-refractivity contribution < 1.29 is 9.59 Å². The lowest BCUT2D eigenvalue weighted by Gasteiger charge is -2.25. The number of piperidine rings is 1. The van der Waals surface area contributed by atoms with Gasteiger partial charge in [-0.1, -0.05) is 107 Å². The van der Waals surface area contributed by atoms with Crippen molar-refractivity contribution in [1.29, 1.82) is 0 Å². The Balaban J connectivity index is 1.59. The molecule has 6 nitrogen and oxygen atoms in total. The zero-order valence-corrected chi connectivity index (χ0v) is 21.2. The molecule has 1 saturated heterocycles. The fraction of sp³-hybridized carbons (Fsp3) is 0.643. The first-order valence-electron chi connectivity index (χ1n) is 13.7. The van der Waals surface area contributed by atoms with E-state index in [2.05, 4.69) is 12.6 Å². The second-order valence-electron chi connectivity index (χ2n) is 10.4. The zero-order chi connectivity index (χ0) is 24.6. The van der Waals surface area contributed by atoms with Crippen molar-refractivity contribution in [3.8, 4) is 0 Å². The number of imide groups is 1. The molecule has 2 heterocycles. The molecule has 4 rings (SSSR count). The molecular formula is C28H39BN3O3. The van der Waals surface area contributed by atoms with E-state index in [0.29, 0.717) is 29.0 Å². The van der Waals surface area contributed by atoms with Crippen LogP contribution in [0.1, 0.15) is 108 Å². The van der Waals surface area contributed by atoms with Crippen LogP contribution in [0.15, 0.2) is 23.0 Å². The molecule has 2 aromatic rings. The number of benzene rings is 1. The van der Waals surface area contributed by atoms with Crippen molar-refractivity contribution in [2.24, 2.45) is 0 Å². The monoisotopic (exact) mass is 476 g/mol. The molecule has 2 aliphatic rings. The van der Waals surface area contributed by atoms with Crippen LogP contribution in [0.4, 0.5) is 0 Å². The van der Waals surface area contributed by atoms with Crippen LogP contribution < -0.4 is 16.3 Å². The highest BCUT2D eigenvalue weighted by molar-refractivity contribution is 6.58. The van der Waals surface area contributed by atoms with E-state index in [9.17, 15) is 14.4 Å². The van der Waals surface area contributed by atoms with Gasteiger partial charge in [0.25, 0.3) is 5.56 Å². The first kappa shape index (κ1) is 25.7. The van der Waals surface area contributed by atoms with Crippen LogP contribution in [0.3, 0.4) is 0 Å². The molecule has 7 heteroatoms. The normalized spacial score (nSPS) is 21.9. The smallest absolute Gasteiger partial charge is 0.261 e. The highest BCUT2D eigenvalue weighted by Crippen LogP contribution is 2.25. The van der Waals surface area contributed by atoms with Gasteiger partial charge in [-0.3, -0.25) is 24.3 Å². The summed E-state index contributed by atoms with van der Waals surface area (Å²) in [7, 11) is 2.29.